The smallest absolute Gasteiger partial charge is 0.0627 e. The van der Waals surface area contributed by atoms with Crippen LogP contribution in [0.2, 0.25) is 0 Å². The summed E-state index contributed by atoms with van der Waals surface area (Å²) in [6.07, 6.45) is 6.59. The number of hydrogen-bond acceptors (Lipinski definition) is 2. The minimum absolute atomic E-state index is 0.313. The van der Waals surface area contributed by atoms with E-state index < -0.39 is 0 Å². The van der Waals surface area contributed by atoms with Crippen LogP contribution in [0.15, 0.2) is 0 Å². The van der Waals surface area contributed by atoms with Gasteiger partial charge in [-0.05, 0) is 13.0 Å². The van der Waals surface area contributed by atoms with Crippen LogP contribution in [0.5, 0.6) is 0 Å². The van der Waals surface area contributed by atoms with Crippen molar-refractivity contribution >= 4 is 11.6 Å². The van der Waals surface area contributed by atoms with Crippen LogP contribution >= 0.6 is 11.6 Å². The number of methoxy groups -OCH3 is 1. The van der Waals surface area contributed by atoms with Crippen LogP contribution < -0.4 is 5.32 Å². The minimum Gasteiger partial charge on any atom is -0.383 e. The fourth-order valence-corrected chi connectivity index (χ4v) is 1.59. The lowest BCUT2D eigenvalue weighted by atomic mass is 10.1. The lowest BCUT2D eigenvalue weighted by Gasteiger charge is -2.14. The fraction of sp³-hybridized carbons (Fsp3) is 1.00. The van der Waals surface area contributed by atoms with Gasteiger partial charge < -0.3 is 10.1 Å². The molecule has 3 heteroatoms. The largest absolute Gasteiger partial charge is 0.383 e. The highest BCUT2D eigenvalue weighted by Crippen LogP contribution is 2.01. The normalized spacial score (nSPS) is 13.1. The highest BCUT2D eigenvalue weighted by Gasteiger charge is 2.04. The third kappa shape index (κ3) is 8.79. The Kier molecular flexibility index (Phi) is 11.5. The number of halogens is 1. The SMILES string of the molecule is CCCCCCCNC(CCl)COC. The van der Waals surface area contributed by atoms with E-state index in [9.17, 15) is 0 Å². The van der Waals surface area contributed by atoms with Gasteiger partial charge in [0.05, 0.1) is 6.61 Å². The molecule has 0 saturated heterocycles. The minimum atomic E-state index is 0.313. The molecule has 0 radical (unpaired) electrons. The molecule has 14 heavy (non-hydrogen) atoms. The van der Waals surface area contributed by atoms with E-state index in [4.69, 9.17) is 16.3 Å². The Balaban J connectivity index is 3.15. The molecule has 0 fully saturated rings. The third-order valence-corrected chi connectivity index (χ3v) is 2.64. The maximum absolute atomic E-state index is 5.77. The topological polar surface area (TPSA) is 21.3 Å². The predicted octanol–water partition coefficient (Wildman–Crippen LogP) is 2.80. The summed E-state index contributed by atoms with van der Waals surface area (Å²) in [5, 5.41) is 3.39. The van der Waals surface area contributed by atoms with Crippen LogP contribution in [-0.4, -0.2) is 32.2 Å². The van der Waals surface area contributed by atoms with Gasteiger partial charge >= 0.3 is 0 Å². The molecule has 0 heterocycles. The summed E-state index contributed by atoms with van der Waals surface area (Å²) in [6.45, 7) is 4.00. The molecule has 0 saturated carbocycles. The summed E-state index contributed by atoms with van der Waals surface area (Å²) in [5.74, 6) is 0.628. The molecule has 0 spiro atoms. The number of ether oxygens (including phenoxy) is 1. The van der Waals surface area contributed by atoms with E-state index >= 15 is 0 Å². The second kappa shape index (κ2) is 11.3. The van der Waals surface area contributed by atoms with Crippen molar-refractivity contribution in [2.24, 2.45) is 0 Å². The fourth-order valence-electron chi connectivity index (χ4n) is 1.39. The Morgan fingerprint density at radius 3 is 2.50 bits per heavy atom. The Labute approximate surface area is 93.4 Å². The van der Waals surface area contributed by atoms with Crippen LogP contribution in [0.3, 0.4) is 0 Å². The van der Waals surface area contributed by atoms with Crippen molar-refractivity contribution in [2.45, 2.75) is 45.1 Å². The first-order valence-electron chi connectivity index (χ1n) is 5.63. The van der Waals surface area contributed by atoms with Crippen LogP contribution in [0.25, 0.3) is 0 Å². The Bertz CT molecular complexity index is 111. The van der Waals surface area contributed by atoms with E-state index in [0.717, 1.165) is 6.54 Å². The molecule has 0 aliphatic heterocycles. The molecule has 0 aliphatic carbocycles. The molecule has 0 aromatic carbocycles. The zero-order valence-electron chi connectivity index (χ0n) is 9.52. The predicted molar refractivity (Wildman–Crippen MR) is 63.1 cm³/mol. The summed E-state index contributed by atoms with van der Waals surface area (Å²) in [7, 11) is 1.71. The first kappa shape index (κ1) is 14.2. The molecule has 0 amide bonds. The number of unbranched alkanes of at least 4 members (excludes halogenated alkanes) is 4. The first-order chi connectivity index (χ1) is 6.85. The van der Waals surface area contributed by atoms with Crippen molar-refractivity contribution < 1.29 is 4.74 Å². The van der Waals surface area contributed by atoms with Crippen molar-refractivity contribution in [1.29, 1.82) is 0 Å². The molecule has 1 N–H and O–H groups in total. The van der Waals surface area contributed by atoms with E-state index in [1.807, 2.05) is 0 Å². The van der Waals surface area contributed by atoms with E-state index in [-0.39, 0.29) is 0 Å². The van der Waals surface area contributed by atoms with Gasteiger partial charge in [-0.1, -0.05) is 32.6 Å². The first-order valence-corrected chi connectivity index (χ1v) is 6.16. The summed E-state index contributed by atoms with van der Waals surface area (Å²) < 4.78 is 5.04. The molecule has 1 unspecified atom stereocenters. The zero-order valence-corrected chi connectivity index (χ0v) is 10.3. The van der Waals surface area contributed by atoms with Crippen molar-refractivity contribution in [2.75, 3.05) is 26.1 Å². The molecule has 1 atom stereocenters. The van der Waals surface area contributed by atoms with Gasteiger partial charge in [-0.25, -0.2) is 0 Å². The van der Waals surface area contributed by atoms with Crippen LogP contribution in [0.1, 0.15) is 39.0 Å². The van der Waals surface area contributed by atoms with Gasteiger partial charge in [0.1, 0.15) is 0 Å². The lowest BCUT2D eigenvalue weighted by molar-refractivity contribution is 0.173. The lowest BCUT2D eigenvalue weighted by Crippen LogP contribution is -2.35. The Hall–Kier alpha value is 0.210. The number of nitrogens with one attached hydrogen (secondary N) is 1. The Morgan fingerprint density at radius 1 is 1.21 bits per heavy atom. The van der Waals surface area contributed by atoms with Crippen molar-refractivity contribution in [3.8, 4) is 0 Å². The van der Waals surface area contributed by atoms with Crippen molar-refractivity contribution in [3.63, 3.8) is 0 Å². The molecule has 2 nitrogen and oxygen atoms in total. The molecule has 0 bridgehead atoms. The second-order valence-electron chi connectivity index (χ2n) is 3.67. The van der Waals surface area contributed by atoms with Gasteiger partial charge in [-0.15, -0.1) is 11.6 Å². The molecule has 0 aromatic heterocycles. The molecule has 86 valence electrons. The summed E-state index contributed by atoms with van der Waals surface area (Å²) in [4.78, 5) is 0. The van der Waals surface area contributed by atoms with Crippen LogP contribution in [0, 0.1) is 0 Å². The molecule has 0 rings (SSSR count). The quantitative estimate of drug-likeness (QED) is 0.453. The maximum Gasteiger partial charge on any atom is 0.0627 e. The van der Waals surface area contributed by atoms with E-state index in [2.05, 4.69) is 12.2 Å². The van der Waals surface area contributed by atoms with Gasteiger partial charge in [0, 0.05) is 19.0 Å². The van der Waals surface area contributed by atoms with E-state index in [1.54, 1.807) is 7.11 Å². The molecular formula is C11H24ClNO. The van der Waals surface area contributed by atoms with Crippen molar-refractivity contribution in [1.82, 2.24) is 5.32 Å². The highest BCUT2D eigenvalue weighted by atomic mass is 35.5. The summed E-state index contributed by atoms with van der Waals surface area (Å²) >= 11 is 5.77. The van der Waals surface area contributed by atoms with E-state index in [1.165, 1.54) is 32.1 Å². The van der Waals surface area contributed by atoms with E-state index in [0.29, 0.717) is 18.5 Å². The number of hydrogen-bond donors (Lipinski definition) is 1. The van der Waals surface area contributed by atoms with Crippen LogP contribution in [0.4, 0.5) is 0 Å². The zero-order chi connectivity index (χ0) is 10.6. The summed E-state index contributed by atoms with van der Waals surface area (Å²) in [6, 6.07) is 0.313. The van der Waals surface area contributed by atoms with Gasteiger partial charge in [-0.2, -0.15) is 0 Å². The van der Waals surface area contributed by atoms with Gasteiger partial charge in [-0.3, -0.25) is 0 Å². The maximum atomic E-state index is 5.77. The molecular weight excluding hydrogens is 198 g/mol. The van der Waals surface area contributed by atoms with Gasteiger partial charge in [0.2, 0.25) is 0 Å². The van der Waals surface area contributed by atoms with Gasteiger partial charge in [0.25, 0.3) is 0 Å². The van der Waals surface area contributed by atoms with Gasteiger partial charge in [0.15, 0.2) is 0 Å². The average molecular weight is 222 g/mol. The number of alkyl halides is 1. The second-order valence-corrected chi connectivity index (χ2v) is 3.98. The average Bonchev–Trinajstić information content (AvgIpc) is 2.21. The molecule has 0 aliphatic rings. The Morgan fingerprint density at radius 2 is 1.93 bits per heavy atom. The molecule has 0 aromatic rings. The summed E-state index contributed by atoms with van der Waals surface area (Å²) in [5.41, 5.74) is 0. The monoisotopic (exact) mass is 221 g/mol. The standard InChI is InChI=1S/C11H24ClNO/c1-3-4-5-6-7-8-13-11(9-12)10-14-2/h11,13H,3-10H2,1-2H3. The van der Waals surface area contributed by atoms with Crippen LogP contribution in [-0.2, 0) is 4.74 Å². The highest BCUT2D eigenvalue weighted by molar-refractivity contribution is 6.18. The number of rotatable bonds is 10. The van der Waals surface area contributed by atoms with Crippen molar-refractivity contribution in [3.05, 3.63) is 0 Å². The third-order valence-electron chi connectivity index (χ3n) is 2.27.